The second-order valence-corrected chi connectivity index (χ2v) is 1.27. The first kappa shape index (κ1) is 7.68. The normalized spacial score (nSPS) is 11.1. The van der Waals surface area contributed by atoms with Crippen molar-refractivity contribution in [2.45, 2.75) is 0 Å². The van der Waals surface area contributed by atoms with Crippen molar-refractivity contribution in [3.05, 3.63) is 12.3 Å². The monoisotopic (exact) mass is 128 g/mol. The van der Waals surface area contributed by atoms with Gasteiger partial charge in [0.15, 0.2) is 0 Å². The van der Waals surface area contributed by atoms with Crippen molar-refractivity contribution in [3.63, 3.8) is 0 Å². The topological polar surface area (TPSA) is 75.7 Å². The zero-order valence-corrected chi connectivity index (χ0v) is 4.82. The lowest BCUT2D eigenvalue weighted by atomic mass is 10.6. The van der Waals surface area contributed by atoms with Gasteiger partial charge in [-0.25, -0.2) is 0 Å². The molecule has 9 heavy (non-hydrogen) atoms. The van der Waals surface area contributed by atoms with Crippen LogP contribution >= 0.6 is 0 Å². The Labute approximate surface area is 52.7 Å². The average Bonchev–Trinajstić information content (AvgIpc) is 1.80. The quantitative estimate of drug-likeness (QED) is 0.508. The molecule has 50 valence electrons. The molecule has 3 N–H and O–H groups in total. The number of nitrogens with two attached hydrogens (primary N) is 1. The van der Waals surface area contributed by atoms with Gasteiger partial charge in [-0.05, 0) is 12.3 Å². The van der Waals surface area contributed by atoms with Gasteiger partial charge in [-0.15, -0.1) is 0 Å². The van der Waals surface area contributed by atoms with Crippen LogP contribution in [-0.4, -0.2) is 23.8 Å². The first-order chi connectivity index (χ1) is 4.27. The van der Waals surface area contributed by atoms with Crippen molar-refractivity contribution in [2.75, 3.05) is 6.54 Å². The van der Waals surface area contributed by atoms with Gasteiger partial charge in [0, 0.05) is 6.21 Å². The number of aliphatic imine (C=N–C) groups is 1. The van der Waals surface area contributed by atoms with Crippen LogP contribution in [0.25, 0.3) is 0 Å². The van der Waals surface area contributed by atoms with E-state index in [2.05, 4.69) is 4.99 Å². The average molecular weight is 128 g/mol. The molecule has 0 fully saturated rings. The van der Waals surface area contributed by atoms with Gasteiger partial charge in [0.25, 0.3) is 0 Å². The van der Waals surface area contributed by atoms with Gasteiger partial charge in [0.1, 0.15) is 6.54 Å². The van der Waals surface area contributed by atoms with Crippen molar-refractivity contribution >= 4 is 12.2 Å². The third-order valence-electron chi connectivity index (χ3n) is 0.529. The molecule has 0 aromatic rings. The second kappa shape index (κ2) is 4.83. The van der Waals surface area contributed by atoms with E-state index in [9.17, 15) is 4.79 Å². The summed E-state index contributed by atoms with van der Waals surface area (Å²) in [5.41, 5.74) is 4.93. The Morgan fingerprint density at radius 1 is 1.78 bits per heavy atom. The van der Waals surface area contributed by atoms with Gasteiger partial charge in [0.05, 0.1) is 0 Å². The fraction of sp³-hybridized carbons (Fsp3) is 0.200. The van der Waals surface area contributed by atoms with Crippen molar-refractivity contribution in [3.8, 4) is 0 Å². The van der Waals surface area contributed by atoms with Crippen LogP contribution in [0.15, 0.2) is 17.3 Å². The number of carboxylic acids is 1. The van der Waals surface area contributed by atoms with E-state index in [0.29, 0.717) is 0 Å². The molecule has 0 saturated heterocycles. The zero-order valence-electron chi connectivity index (χ0n) is 4.82. The number of rotatable bonds is 3. The molecular weight excluding hydrogens is 120 g/mol. The molecular formula is C5H8N2O2. The van der Waals surface area contributed by atoms with Crippen LogP contribution in [0.2, 0.25) is 0 Å². The summed E-state index contributed by atoms with van der Waals surface area (Å²) in [6.45, 7) is -0.204. The molecule has 0 bridgehead atoms. The number of hydrogen-bond acceptors (Lipinski definition) is 3. The van der Waals surface area contributed by atoms with Gasteiger partial charge in [0.2, 0.25) is 0 Å². The molecule has 0 aromatic carbocycles. The van der Waals surface area contributed by atoms with Crippen molar-refractivity contribution < 1.29 is 9.90 Å². The second-order valence-electron chi connectivity index (χ2n) is 1.27. The smallest absolute Gasteiger partial charge is 0.325 e. The number of allylic oxidation sites excluding steroid dienone is 1. The van der Waals surface area contributed by atoms with E-state index in [1.807, 2.05) is 0 Å². The molecule has 0 radical (unpaired) electrons. The van der Waals surface area contributed by atoms with Crippen LogP contribution in [0.3, 0.4) is 0 Å². The van der Waals surface area contributed by atoms with E-state index in [0.717, 1.165) is 0 Å². The summed E-state index contributed by atoms with van der Waals surface area (Å²) in [4.78, 5) is 13.3. The Kier molecular flexibility index (Phi) is 4.12. The minimum absolute atomic E-state index is 0.204. The predicted molar refractivity (Wildman–Crippen MR) is 34.3 cm³/mol. The lowest BCUT2D eigenvalue weighted by molar-refractivity contribution is -0.135. The molecule has 0 atom stereocenters. The number of carboxylic acid groups (broad SMARTS) is 1. The van der Waals surface area contributed by atoms with Gasteiger partial charge in [-0.2, -0.15) is 0 Å². The van der Waals surface area contributed by atoms with Crippen molar-refractivity contribution in [1.82, 2.24) is 0 Å². The lowest BCUT2D eigenvalue weighted by Gasteiger charge is -1.79. The molecule has 0 amide bonds. The maximum Gasteiger partial charge on any atom is 0.325 e. The third kappa shape index (κ3) is 6.68. The number of hydrogen-bond donors (Lipinski definition) is 2. The highest BCUT2D eigenvalue weighted by Gasteiger charge is 1.86. The summed E-state index contributed by atoms with van der Waals surface area (Å²) in [6, 6.07) is 0. The highest BCUT2D eigenvalue weighted by molar-refractivity contribution is 5.76. The summed E-state index contributed by atoms with van der Waals surface area (Å²) < 4.78 is 0. The van der Waals surface area contributed by atoms with Crippen LogP contribution < -0.4 is 5.73 Å². The molecule has 0 aliphatic heterocycles. The summed E-state index contributed by atoms with van der Waals surface area (Å²) >= 11 is 0. The van der Waals surface area contributed by atoms with E-state index in [-0.39, 0.29) is 6.54 Å². The van der Waals surface area contributed by atoms with Gasteiger partial charge in [-0.1, -0.05) is 0 Å². The molecule has 4 heteroatoms. The molecule has 0 aliphatic rings. The first-order valence-electron chi connectivity index (χ1n) is 2.36. The van der Waals surface area contributed by atoms with Crippen LogP contribution in [0.5, 0.6) is 0 Å². The maximum atomic E-state index is 9.79. The first-order valence-corrected chi connectivity index (χ1v) is 2.36. The Hall–Kier alpha value is -1.32. The van der Waals surface area contributed by atoms with E-state index in [1.165, 1.54) is 18.5 Å². The van der Waals surface area contributed by atoms with Crippen LogP contribution in [0.4, 0.5) is 0 Å². The Morgan fingerprint density at radius 3 is 2.89 bits per heavy atom. The van der Waals surface area contributed by atoms with Crippen LogP contribution in [-0.2, 0) is 4.79 Å². The predicted octanol–water partition coefficient (Wildman–Crippen LogP) is -0.386. The van der Waals surface area contributed by atoms with E-state index in [4.69, 9.17) is 10.8 Å². The number of carbonyl (C=O) groups is 1. The lowest BCUT2D eigenvalue weighted by Crippen LogP contribution is -1.98. The van der Waals surface area contributed by atoms with Crippen LogP contribution in [0, 0.1) is 0 Å². The molecule has 4 nitrogen and oxygen atoms in total. The number of aliphatic carboxylic acids is 1. The number of nitrogens with zero attached hydrogens (tertiary/aromatic N) is 1. The maximum absolute atomic E-state index is 9.79. The highest BCUT2D eigenvalue weighted by Crippen LogP contribution is 1.67. The fourth-order valence-electron chi connectivity index (χ4n) is 0.241. The molecule has 0 rings (SSSR count). The van der Waals surface area contributed by atoms with Crippen LogP contribution in [0.1, 0.15) is 0 Å². The zero-order chi connectivity index (χ0) is 7.11. The summed E-state index contributed by atoms with van der Waals surface area (Å²) in [5, 5.41) is 8.04. The summed E-state index contributed by atoms with van der Waals surface area (Å²) in [5.74, 6) is -0.948. The van der Waals surface area contributed by atoms with Gasteiger partial charge >= 0.3 is 5.97 Å². The van der Waals surface area contributed by atoms with E-state index < -0.39 is 5.97 Å². The van der Waals surface area contributed by atoms with Crippen molar-refractivity contribution in [2.24, 2.45) is 10.7 Å². The molecule has 0 unspecified atom stereocenters. The minimum atomic E-state index is -0.948. The SMILES string of the molecule is N/C=C\C=NCC(=O)O. The Bertz CT molecular complexity index is 140. The standard InChI is InChI=1S/C5H8N2O2/c6-2-1-3-7-4-5(8)9/h1-3H,4,6H2,(H,8,9)/b2-1-,7-3?. The van der Waals surface area contributed by atoms with Crippen molar-refractivity contribution in [1.29, 1.82) is 0 Å². The summed E-state index contributed by atoms with van der Waals surface area (Å²) in [6.07, 6.45) is 4.09. The largest absolute Gasteiger partial charge is 0.480 e. The molecule has 0 aliphatic carbocycles. The minimum Gasteiger partial charge on any atom is -0.480 e. The molecule has 0 heterocycles. The molecule has 0 saturated carbocycles. The highest BCUT2D eigenvalue weighted by atomic mass is 16.4. The molecule has 0 spiro atoms. The molecule has 0 aromatic heterocycles. The summed E-state index contributed by atoms with van der Waals surface area (Å²) in [7, 11) is 0. The Balaban J connectivity index is 3.36. The third-order valence-corrected chi connectivity index (χ3v) is 0.529. The van der Waals surface area contributed by atoms with E-state index in [1.54, 1.807) is 0 Å². The van der Waals surface area contributed by atoms with Gasteiger partial charge < -0.3 is 10.8 Å². The van der Waals surface area contributed by atoms with Gasteiger partial charge in [-0.3, -0.25) is 9.79 Å². The Morgan fingerprint density at radius 2 is 2.44 bits per heavy atom. The van der Waals surface area contributed by atoms with E-state index >= 15 is 0 Å². The fourth-order valence-corrected chi connectivity index (χ4v) is 0.241.